The minimum atomic E-state index is -0.360. The van der Waals surface area contributed by atoms with Gasteiger partial charge in [-0.15, -0.1) is 0 Å². The van der Waals surface area contributed by atoms with Gasteiger partial charge in [0.25, 0.3) is 5.56 Å². The van der Waals surface area contributed by atoms with Crippen LogP contribution in [0.4, 0.5) is 5.69 Å². The molecular weight excluding hydrogens is 348 g/mol. The van der Waals surface area contributed by atoms with Crippen molar-refractivity contribution in [1.82, 2.24) is 14.5 Å². The first-order valence-corrected chi connectivity index (χ1v) is 9.39. The first-order valence-electron chi connectivity index (χ1n) is 8.51. The molecule has 0 spiro atoms. The van der Waals surface area contributed by atoms with Crippen molar-refractivity contribution in [3.05, 3.63) is 59.1 Å². The number of benzene rings is 1. The summed E-state index contributed by atoms with van der Waals surface area (Å²) in [6.45, 7) is 4.34. The van der Waals surface area contributed by atoms with Crippen molar-refractivity contribution < 1.29 is 4.79 Å². The highest BCUT2D eigenvalue weighted by atomic mass is 32.2. The van der Waals surface area contributed by atoms with E-state index >= 15 is 0 Å². The average molecular weight is 368 g/mol. The zero-order valence-corrected chi connectivity index (χ0v) is 15.5. The molecule has 6 nitrogen and oxygen atoms in total. The molecule has 0 fully saturated rings. The Kier molecular flexibility index (Phi) is 5.68. The monoisotopic (exact) mass is 368 g/mol. The number of hydrogen-bond donors (Lipinski definition) is 1. The minimum Gasteiger partial charge on any atom is -0.324 e. The third kappa shape index (κ3) is 3.77. The fourth-order valence-corrected chi connectivity index (χ4v) is 3.70. The Morgan fingerprint density at radius 3 is 2.73 bits per heavy atom. The number of amides is 1. The summed E-state index contributed by atoms with van der Waals surface area (Å²) in [5.41, 5.74) is 1.21. The third-order valence-corrected chi connectivity index (χ3v) is 5.34. The van der Waals surface area contributed by atoms with Gasteiger partial charge in [0.1, 0.15) is 0 Å². The van der Waals surface area contributed by atoms with Gasteiger partial charge < -0.3 is 5.32 Å². The number of fused-ring (bicyclic) bond motifs is 1. The number of thioether (sulfide) groups is 1. The Labute approximate surface area is 155 Å². The number of para-hydroxylation sites is 1. The van der Waals surface area contributed by atoms with E-state index in [0.29, 0.717) is 34.7 Å². The van der Waals surface area contributed by atoms with Crippen molar-refractivity contribution in [2.24, 2.45) is 0 Å². The van der Waals surface area contributed by atoms with Crippen LogP contribution in [-0.2, 0) is 11.3 Å². The lowest BCUT2D eigenvalue weighted by atomic mass is 10.2. The molecule has 1 amide bonds. The Morgan fingerprint density at radius 1 is 1.23 bits per heavy atom. The van der Waals surface area contributed by atoms with Crippen LogP contribution >= 0.6 is 11.8 Å². The number of carbonyl (C=O) groups excluding carboxylic acids is 1. The van der Waals surface area contributed by atoms with Gasteiger partial charge in [0.05, 0.1) is 28.0 Å². The molecule has 1 atom stereocenters. The van der Waals surface area contributed by atoms with Crippen LogP contribution in [0.2, 0.25) is 0 Å². The maximum absolute atomic E-state index is 12.7. The van der Waals surface area contributed by atoms with Crippen molar-refractivity contribution in [1.29, 1.82) is 0 Å². The lowest BCUT2D eigenvalue weighted by Crippen LogP contribution is -2.28. The highest BCUT2D eigenvalue weighted by Crippen LogP contribution is 2.25. The second-order valence-electron chi connectivity index (χ2n) is 5.71. The van der Waals surface area contributed by atoms with Crippen molar-refractivity contribution >= 4 is 34.3 Å². The molecule has 1 aromatic carbocycles. The van der Waals surface area contributed by atoms with Gasteiger partial charge in [0.2, 0.25) is 5.91 Å². The van der Waals surface area contributed by atoms with Gasteiger partial charge in [-0.3, -0.25) is 19.1 Å². The Hall–Kier alpha value is -2.67. The van der Waals surface area contributed by atoms with Crippen LogP contribution in [-0.4, -0.2) is 25.7 Å². The summed E-state index contributed by atoms with van der Waals surface area (Å²) >= 11 is 1.32. The molecule has 2 aromatic heterocycles. The number of rotatable bonds is 6. The topological polar surface area (TPSA) is 76.9 Å². The molecule has 0 aliphatic carbocycles. The Bertz CT molecular complexity index is 972. The summed E-state index contributed by atoms with van der Waals surface area (Å²) < 4.78 is 1.62. The average Bonchev–Trinajstić information content (AvgIpc) is 2.67. The standard InChI is InChI=1S/C19H20N4O2S/c1-3-16(17(24)21-13-8-7-11-20-12-13)26-19-22-15-10-6-5-9-14(15)18(25)23(19)4-2/h5-12,16H,3-4H2,1-2H3,(H,21,24). The summed E-state index contributed by atoms with van der Waals surface area (Å²) in [5, 5.41) is 3.65. The molecule has 0 saturated heterocycles. The predicted octanol–water partition coefficient (Wildman–Crippen LogP) is 3.32. The fourth-order valence-electron chi connectivity index (χ4n) is 2.63. The molecule has 2 heterocycles. The lowest BCUT2D eigenvalue weighted by Gasteiger charge is -2.17. The Balaban J connectivity index is 1.90. The van der Waals surface area contributed by atoms with Crippen LogP contribution in [0.5, 0.6) is 0 Å². The molecule has 7 heteroatoms. The molecule has 1 unspecified atom stereocenters. The normalized spacial score (nSPS) is 12.1. The minimum absolute atomic E-state index is 0.0804. The molecule has 134 valence electrons. The lowest BCUT2D eigenvalue weighted by molar-refractivity contribution is -0.115. The molecule has 0 aliphatic rings. The van der Waals surface area contributed by atoms with Crippen molar-refractivity contribution in [3.8, 4) is 0 Å². The molecule has 26 heavy (non-hydrogen) atoms. The van der Waals surface area contributed by atoms with E-state index in [0.717, 1.165) is 0 Å². The van der Waals surface area contributed by atoms with Gasteiger partial charge in [-0.1, -0.05) is 30.8 Å². The zero-order valence-electron chi connectivity index (χ0n) is 14.7. The molecule has 0 aliphatic heterocycles. The van der Waals surface area contributed by atoms with E-state index in [1.807, 2.05) is 32.0 Å². The molecular formula is C19H20N4O2S. The summed E-state index contributed by atoms with van der Waals surface area (Å²) in [6.07, 6.45) is 3.87. The maximum Gasteiger partial charge on any atom is 0.262 e. The van der Waals surface area contributed by atoms with Gasteiger partial charge in [0.15, 0.2) is 5.16 Å². The van der Waals surface area contributed by atoms with Gasteiger partial charge in [-0.25, -0.2) is 4.98 Å². The van der Waals surface area contributed by atoms with Crippen LogP contribution in [0.25, 0.3) is 10.9 Å². The number of aromatic nitrogens is 3. The summed E-state index contributed by atoms with van der Waals surface area (Å²) in [5.74, 6) is -0.129. The van der Waals surface area contributed by atoms with Crippen LogP contribution < -0.4 is 10.9 Å². The van der Waals surface area contributed by atoms with Crippen LogP contribution in [0.1, 0.15) is 20.3 Å². The number of pyridine rings is 1. The number of carbonyl (C=O) groups is 1. The van der Waals surface area contributed by atoms with Crippen molar-refractivity contribution in [2.75, 3.05) is 5.32 Å². The summed E-state index contributed by atoms with van der Waals surface area (Å²) in [7, 11) is 0. The molecule has 0 saturated carbocycles. The van der Waals surface area contributed by atoms with Gasteiger partial charge in [-0.05, 0) is 37.6 Å². The number of nitrogens with zero attached hydrogens (tertiary/aromatic N) is 3. The molecule has 1 N–H and O–H groups in total. The van der Waals surface area contributed by atoms with Crippen LogP contribution in [0, 0.1) is 0 Å². The SMILES string of the molecule is CCC(Sc1nc2ccccc2c(=O)n1CC)C(=O)Nc1cccnc1. The summed E-state index contributed by atoms with van der Waals surface area (Å²) in [4.78, 5) is 34.0. The number of nitrogens with one attached hydrogen (secondary N) is 1. The van der Waals surface area contributed by atoms with Gasteiger partial charge in [0, 0.05) is 12.7 Å². The summed E-state index contributed by atoms with van der Waals surface area (Å²) in [6, 6.07) is 10.8. The number of anilines is 1. The van der Waals surface area contributed by atoms with E-state index < -0.39 is 0 Å². The van der Waals surface area contributed by atoms with E-state index in [2.05, 4.69) is 15.3 Å². The molecule has 3 rings (SSSR count). The van der Waals surface area contributed by atoms with Crippen molar-refractivity contribution in [2.45, 2.75) is 37.2 Å². The fraction of sp³-hybridized carbons (Fsp3) is 0.263. The quantitative estimate of drug-likeness (QED) is 0.533. The van der Waals surface area contributed by atoms with Gasteiger partial charge in [-0.2, -0.15) is 0 Å². The van der Waals surface area contributed by atoms with Crippen molar-refractivity contribution in [3.63, 3.8) is 0 Å². The zero-order chi connectivity index (χ0) is 18.5. The van der Waals surface area contributed by atoms with Crippen LogP contribution in [0.3, 0.4) is 0 Å². The second-order valence-corrected chi connectivity index (χ2v) is 6.88. The van der Waals surface area contributed by atoms with E-state index in [1.165, 1.54) is 11.8 Å². The predicted molar refractivity (Wildman–Crippen MR) is 104 cm³/mol. The van der Waals surface area contributed by atoms with E-state index in [4.69, 9.17) is 0 Å². The highest BCUT2D eigenvalue weighted by molar-refractivity contribution is 8.00. The third-order valence-electron chi connectivity index (χ3n) is 3.98. The second kappa shape index (κ2) is 8.14. The first kappa shape index (κ1) is 18.1. The smallest absolute Gasteiger partial charge is 0.262 e. The first-order chi connectivity index (χ1) is 12.6. The molecule has 3 aromatic rings. The Morgan fingerprint density at radius 2 is 2.04 bits per heavy atom. The van der Waals surface area contributed by atoms with E-state index in [-0.39, 0.29) is 16.7 Å². The number of hydrogen-bond acceptors (Lipinski definition) is 5. The highest BCUT2D eigenvalue weighted by Gasteiger charge is 2.21. The maximum atomic E-state index is 12.7. The largest absolute Gasteiger partial charge is 0.324 e. The molecule has 0 bridgehead atoms. The van der Waals surface area contributed by atoms with E-state index in [1.54, 1.807) is 35.2 Å². The van der Waals surface area contributed by atoms with E-state index in [9.17, 15) is 9.59 Å². The molecule has 0 radical (unpaired) electrons. The van der Waals surface area contributed by atoms with Crippen LogP contribution in [0.15, 0.2) is 58.7 Å². The van der Waals surface area contributed by atoms with Gasteiger partial charge >= 0.3 is 0 Å².